The quantitative estimate of drug-likeness (QED) is 0.200. The molecule has 1 amide bonds. The van der Waals surface area contributed by atoms with Crippen LogP contribution in [0.25, 0.3) is 10.9 Å². The van der Waals surface area contributed by atoms with E-state index in [-0.39, 0.29) is 11.4 Å². The number of nitrogens with zero attached hydrogens (tertiary/aromatic N) is 3. The van der Waals surface area contributed by atoms with Crippen molar-refractivity contribution in [2.45, 2.75) is 37.2 Å². The Hall–Kier alpha value is -2.88. The molecule has 11 heteroatoms. The number of amides is 1. The molecule has 2 heterocycles. The molecule has 1 atom stereocenters. The van der Waals surface area contributed by atoms with Gasteiger partial charge in [0.1, 0.15) is 6.04 Å². The first-order valence-electron chi connectivity index (χ1n) is 12.3. The van der Waals surface area contributed by atoms with E-state index in [4.69, 9.17) is 34.8 Å². The second-order valence-electron chi connectivity index (χ2n) is 9.31. The van der Waals surface area contributed by atoms with Crippen LogP contribution in [-0.4, -0.2) is 42.0 Å². The number of nitrogens with one attached hydrogen (secondary N) is 1. The van der Waals surface area contributed by atoms with Gasteiger partial charge in [-0.15, -0.1) is 0 Å². The lowest BCUT2D eigenvalue weighted by molar-refractivity contribution is -0.124. The third kappa shape index (κ3) is 5.58. The van der Waals surface area contributed by atoms with Crippen LogP contribution < -0.4 is 5.43 Å². The lowest BCUT2D eigenvalue weighted by Crippen LogP contribution is -2.44. The van der Waals surface area contributed by atoms with E-state index in [9.17, 15) is 13.2 Å². The fraction of sp³-hybridized carbons (Fsp3) is 0.214. The zero-order valence-electron chi connectivity index (χ0n) is 20.9. The Morgan fingerprint density at radius 1 is 1.05 bits per heavy atom. The van der Waals surface area contributed by atoms with Crippen LogP contribution in [-0.2, 0) is 21.4 Å². The van der Waals surface area contributed by atoms with E-state index in [0.29, 0.717) is 34.5 Å². The van der Waals surface area contributed by atoms with E-state index >= 15 is 0 Å². The van der Waals surface area contributed by atoms with Crippen molar-refractivity contribution < 1.29 is 13.2 Å². The third-order valence-corrected chi connectivity index (χ3v) is 9.81. The van der Waals surface area contributed by atoms with Gasteiger partial charge in [-0.2, -0.15) is 9.41 Å². The van der Waals surface area contributed by atoms with Crippen molar-refractivity contribution in [3.8, 4) is 0 Å². The highest BCUT2D eigenvalue weighted by atomic mass is 35.5. The van der Waals surface area contributed by atoms with E-state index in [1.165, 1.54) is 28.6 Å². The standard InChI is InChI=1S/C28H25Cl3N4O3S/c1-18-23(22-5-2-3-6-26(22)34(18)17-19-8-13-24(30)25(31)15-19)16-32-33-28(36)27-7-4-14-35(27)39(37,38)21-11-9-20(29)10-12-21/h2-3,5-6,8-13,15-16,27H,4,7,14,17H2,1H3,(H,33,36)/b32-16-/t27-/m0/s1. The molecule has 1 aliphatic rings. The number of carbonyl (C=O) groups excluding carboxylic acids is 1. The predicted molar refractivity (Wildman–Crippen MR) is 156 cm³/mol. The summed E-state index contributed by atoms with van der Waals surface area (Å²) in [5.74, 6) is -0.474. The molecule has 0 spiro atoms. The Kier molecular flexibility index (Phi) is 8.03. The van der Waals surface area contributed by atoms with Crippen molar-refractivity contribution in [1.82, 2.24) is 14.3 Å². The summed E-state index contributed by atoms with van der Waals surface area (Å²) in [6.45, 7) is 2.81. The van der Waals surface area contributed by atoms with Gasteiger partial charge in [-0.1, -0.05) is 59.1 Å². The highest BCUT2D eigenvalue weighted by molar-refractivity contribution is 7.89. The Morgan fingerprint density at radius 3 is 2.54 bits per heavy atom. The molecular formula is C28H25Cl3N4O3S. The van der Waals surface area contributed by atoms with Crippen LogP contribution in [0.5, 0.6) is 0 Å². The number of hydrazone groups is 1. The second-order valence-corrected chi connectivity index (χ2v) is 12.5. The monoisotopic (exact) mass is 602 g/mol. The van der Waals surface area contributed by atoms with Gasteiger partial charge >= 0.3 is 0 Å². The van der Waals surface area contributed by atoms with Crippen LogP contribution in [0.1, 0.15) is 29.7 Å². The van der Waals surface area contributed by atoms with Gasteiger partial charge in [0, 0.05) is 40.3 Å². The van der Waals surface area contributed by atoms with Crippen molar-refractivity contribution in [2.75, 3.05) is 6.54 Å². The molecule has 0 radical (unpaired) electrons. The molecule has 0 bridgehead atoms. The van der Waals surface area contributed by atoms with Gasteiger partial charge in [-0.3, -0.25) is 4.79 Å². The maximum atomic E-state index is 13.2. The topological polar surface area (TPSA) is 83.8 Å². The van der Waals surface area contributed by atoms with Crippen LogP contribution in [0, 0.1) is 6.92 Å². The van der Waals surface area contributed by atoms with Crippen LogP contribution in [0.3, 0.4) is 0 Å². The van der Waals surface area contributed by atoms with E-state index in [1.54, 1.807) is 12.3 Å². The number of hydrogen-bond acceptors (Lipinski definition) is 4. The van der Waals surface area contributed by atoms with Gasteiger partial charge in [0.2, 0.25) is 10.0 Å². The second kappa shape index (κ2) is 11.3. The summed E-state index contributed by atoms with van der Waals surface area (Å²) >= 11 is 18.2. The summed E-state index contributed by atoms with van der Waals surface area (Å²) in [7, 11) is -3.85. The number of para-hydroxylation sites is 1. The Bertz CT molecular complexity index is 1680. The number of benzene rings is 3. The molecule has 0 saturated carbocycles. The van der Waals surface area contributed by atoms with Gasteiger partial charge in [-0.05, 0) is 67.8 Å². The molecule has 0 aliphatic carbocycles. The molecule has 39 heavy (non-hydrogen) atoms. The number of sulfonamides is 1. The maximum Gasteiger partial charge on any atom is 0.258 e. The molecule has 5 rings (SSSR count). The predicted octanol–water partition coefficient (Wildman–Crippen LogP) is 6.26. The van der Waals surface area contributed by atoms with E-state index in [1.807, 2.05) is 43.3 Å². The molecule has 202 valence electrons. The van der Waals surface area contributed by atoms with Crippen molar-refractivity contribution in [3.05, 3.63) is 98.6 Å². The fourth-order valence-corrected chi connectivity index (χ4v) is 7.01. The maximum absolute atomic E-state index is 13.2. The van der Waals surface area contributed by atoms with Gasteiger partial charge in [0.05, 0.1) is 21.2 Å². The Labute approximate surface area is 242 Å². The highest BCUT2D eigenvalue weighted by Gasteiger charge is 2.39. The van der Waals surface area contributed by atoms with Gasteiger partial charge in [-0.25, -0.2) is 13.8 Å². The number of halogens is 3. The first-order valence-corrected chi connectivity index (χ1v) is 14.9. The lowest BCUT2D eigenvalue weighted by atomic mass is 10.1. The SMILES string of the molecule is Cc1c(/C=N\NC(=O)[C@@H]2CCCN2S(=O)(=O)c2ccc(Cl)cc2)c2ccccc2n1Cc1ccc(Cl)c(Cl)c1. The minimum Gasteiger partial charge on any atom is -0.340 e. The van der Waals surface area contributed by atoms with Crippen molar-refractivity contribution >= 4 is 67.9 Å². The zero-order valence-corrected chi connectivity index (χ0v) is 24.0. The molecule has 1 aromatic heterocycles. The minimum atomic E-state index is -3.85. The van der Waals surface area contributed by atoms with Crippen molar-refractivity contribution in [3.63, 3.8) is 0 Å². The van der Waals surface area contributed by atoms with Crippen molar-refractivity contribution in [1.29, 1.82) is 0 Å². The number of carbonyl (C=O) groups is 1. The average molecular weight is 604 g/mol. The molecule has 1 aliphatic heterocycles. The van der Waals surface area contributed by atoms with Crippen LogP contribution in [0.15, 0.2) is 76.7 Å². The number of hydrogen-bond donors (Lipinski definition) is 1. The van der Waals surface area contributed by atoms with Crippen LogP contribution in [0.4, 0.5) is 0 Å². The Balaban J connectivity index is 1.36. The average Bonchev–Trinajstić information content (AvgIpc) is 3.52. The summed E-state index contributed by atoms with van der Waals surface area (Å²) in [6, 6.07) is 18.6. The van der Waals surface area contributed by atoms with Crippen molar-refractivity contribution in [2.24, 2.45) is 5.10 Å². The fourth-order valence-electron chi connectivity index (χ4n) is 4.91. The lowest BCUT2D eigenvalue weighted by Gasteiger charge is -2.22. The molecule has 3 aromatic carbocycles. The molecule has 1 fully saturated rings. The third-order valence-electron chi connectivity index (χ3n) is 6.90. The summed E-state index contributed by atoms with van der Waals surface area (Å²) in [6.07, 6.45) is 2.60. The van der Waals surface area contributed by atoms with Gasteiger partial charge < -0.3 is 4.57 Å². The van der Waals surface area contributed by atoms with E-state index in [0.717, 1.165) is 27.7 Å². The molecular weight excluding hydrogens is 579 g/mol. The highest BCUT2D eigenvalue weighted by Crippen LogP contribution is 2.29. The number of aromatic nitrogens is 1. The largest absolute Gasteiger partial charge is 0.340 e. The normalized spacial score (nSPS) is 16.4. The Morgan fingerprint density at radius 2 is 1.79 bits per heavy atom. The van der Waals surface area contributed by atoms with Crippen LogP contribution in [0.2, 0.25) is 15.1 Å². The smallest absolute Gasteiger partial charge is 0.258 e. The van der Waals surface area contributed by atoms with Gasteiger partial charge in [0.25, 0.3) is 5.91 Å². The molecule has 4 aromatic rings. The zero-order chi connectivity index (χ0) is 27.7. The minimum absolute atomic E-state index is 0.0977. The van der Waals surface area contributed by atoms with E-state index in [2.05, 4.69) is 15.1 Å². The number of fused-ring (bicyclic) bond motifs is 1. The van der Waals surface area contributed by atoms with E-state index < -0.39 is 22.0 Å². The summed E-state index contributed by atoms with van der Waals surface area (Å²) in [5.41, 5.74) is 6.36. The number of rotatable bonds is 7. The van der Waals surface area contributed by atoms with Crippen LogP contribution >= 0.6 is 34.8 Å². The summed E-state index contributed by atoms with van der Waals surface area (Å²) in [4.78, 5) is 13.1. The molecule has 0 unspecified atom stereocenters. The summed E-state index contributed by atoms with van der Waals surface area (Å²) in [5, 5.41) is 6.63. The first-order chi connectivity index (χ1) is 18.7. The molecule has 1 saturated heterocycles. The van der Waals surface area contributed by atoms with Gasteiger partial charge in [0.15, 0.2) is 0 Å². The molecule has 1 N–H and O–H groups in total. The first kappa shape index (κ1) is 27.7. The molecule has 7 nitrogen and oxygen atoms in total. The summed E-state index contributed by atoms with van der Waals surface area (Å²) < 4.78 is 29.8.